The monoisotopic (exact) mass is 298 g/mol. The highest BCUT2D eigenvalue weighted by atomic mass is 32.2. The Morgan fingerprint density at radius 2 is 1.38 bits per heavy atom. The molecule has 2 heteroatoms. The van der Waals surface area contributed by atoms with Crippen LogP contribution in [0.4, 0.5) is 0 Å². The Morgan fingerprint density at radius 1 is 0.905 bits per heavy atom. The van der Waals surface area contributed by atoms with E-state index in [1.54, 1.807) is 11.8 Å². The Hall–Kier alpha value is -1.54. The largest absolute Gasteiger partial charge is 0.294 e. The maximum atomic E-state index is 11.6. The molecular formula is C19H22OS. The van der Waals surface area contributed by atoms with Crippen molar-refractivity contribution in [2.75, 3.05) is 0 Å². The molecule has 0 radical (unpaired) electrons. The number of carbonyl (C=O) groups excluding carboxylic acids is 1. The molecule has 0 saturated carbocycles. The molecule has 21 heavy (non-hydrogen) atoms. The predicted molar refractivity (Wildman–Crippen MR) is 90.3 cm³/mol. The normalized spacial score (nSPS) is 11.4. The van der Waals surface area contributed by atoms with Crippen molar-refractivity contribution < 1.29 is 4.79 Å². The number of hydrogen-bond acceptors (Lipinski definition) is 2. The first-order valence-electron chi connectivity index (χ1n) is 7.32. The zero-order valence-electron chi connectivity index (χ0n) is 13.1. The fraction of sp³-hybridized carbons (Fsp3) is 0.316. The molecule has 0 unspecified atom stereocenters. The number of carbonyl (C=O) groups is 1. The average Bonchev–Trinajstić information content (AvgIpc) is 2.47. The van der Waals surface area contributed by atoms with Crippen LogP contribution in [0.1, 0.15) is 50.0 Å². The minimum Gasteiger partial charge on any atom is -0.294 e. The van der Waals surface area contributed by atoms with Crippen molar-refractivity contribution in [2.45, 2.75) is 49.3 Å². The minimum atomic E-state index is 0.186. The van der Waals surface area contributed by atoms with E-state index in [2.05, 4.69) is 45.0 Å². The van der Waals surface area contributed by atoms with Gasteiger partial charge in [-0.1, -0.05) is 63.7 Å². The summed E-state index contributed by atoms with van der Waals surface area (Å²) < 4.78 is 0. The lowest BCUT2D eigenvalue weighted by molar-refractivity contribution is 0.0988. The van der Waals surface area contributed by atoms with E-state index in [0.717, 1.165) is 10.5 Å². The van der Waals surface area contributed by atoms with Crippen molar-refractivity contribution in [3.05, 3.63) is 59.7 Å². The van der Waals surface area contributed by atoms with Gasteiger partial charge in [-0.2, -0.15) is 0 Å². The van der Waals surface area contributed by atoms with Crippen LogP contribution in [0.2, 0.25) is 0 Å². The van der Waals surface area contributed by atoms with Gasteiger partial charge in [0, 0.05) is 21.8 Å². The summed E-state index contributed by atoms with van der Waals surface area (Å²) in [5.41, 5.74) is 2.33. The molecule has 0 heterocycles. The topological polar surface area (TPSA) is 17.1 Å². The van der Waals surface area contributed by atoms with E-state index in [-0.39, 0.29) is 11.2 Å². The van der Waals surface area contributed by atoms with Crippen LogP contribution in [0.25, 0.3) is 0 Å². The molecule has 0 aliphatic heterocycles. The Labute approximate surface area is 131 Å². The van der Waals surface area contributed by atoms with Gasteiger partial charge in [0.05, 0.1) is 0 Å². The third-order valence-electron chi connectivity index (χ3n) is 3.45. The van der Waals surface area contributed by atoms with Gasteiger partial charge in [0.2, 0.25) is 0 Å². The molecule has 0 amide bonds. The summed E-state index contributed by atoms with van der Waals surface area (Å²) in [5.74, 6) is 0.195. The van der Waals surface area contributed by atoms with E-state index in [4.69, 9.17) is 0 Å². The second-order valence-corrected chi connectivity index (χ2v) is 7.32. The lowest BCUT2D eigenvalue weighted by atomic mass is 9.87. The third kappa shape index (κ3) is 4.21. The average molecular weight is 298 g/mol. The van der Waals surface area contributed by atoms with E-state index < -0.39 is 0 Å². The van der Waals surface area contributed by atoms with Gasteiger partial charge in [-0.25, -0.2) is 0 Å². The maximum absolute atomic E-state index is 11.6. The molecule has 0 spiro atoms. The van der Waals surface area contributed by atoms with Crippen LogP contribution in [0.5, 0.6) is 0 Å². The highest BCUT2D eigenvalue weighted by Gasteiger charge is 2.13. The molecular weight excluding hydrogens is 276 g/mol. The number of hydrogen-bond donors (Lipinski definition) is 0. The van der Waals surface area contributed by atoms with E-state index in [1.165, 1.54) is 10.5 Å². The number of Topliss-reactive ketones (excluding diaryl/α,β-unsaturated/α-hetero) is 1. The fourth-order valence-corrected chi connectivity index (χ4v) is 2.89. The van der Waals surface area contributed by atoms with Gasteiger partial charge in [0.1, 0.15) is 0 Å². The summed E-state index contributed by atoms with van der Waals surface area (Å²) >= 11 is 1.72. The molecule has 0 aliphatic carbocycles. The first-order valence-corrected chi connectivity index (χ1v) is 8.13. The lowest BCUT2D eigenvalue weighted by Gasteiger charge is -2.19. The fourth-order valence-electron chi connectivity index (χ4n) is 2.07. The van der Waals surface area contributed by atoms with Crippen LogP contribution in [-0.2, 0) is 5.41 Å². The molecule has 0 fully saturated rings. The van der Waals surface area contributed by atoms with Crippen LogP contribution in [0, 0.1) is 0 Å². The van der Waals surface area contributed by atoms with Crippen LogP contribution in [0.15, 0.2) is 58.3 Å². The summed E-state index contributed by atoms with van der Waals surface area (Å²) in [5, 5.41) is 0. The Balaban J connectivity index is 2.10. The van der Waals surface area contributed by atoms with Gasteiger partial charge in [-0.3, -0.25) is 4.79 Å². The summed E-state index contributed by atoms with van der Waals surface area (Å²) in [7, 11) is 0. The highest BCUT2D eigenvalue weighted by molar-refractivity contribution is 7.99. The van der Waals surface area contributed by atoms with Crippen LogP contribution in [-0.4, -0.2) is 5.78 Å². The third-order valence-corrected chi connectivity index (χ3v) is 4.47. The van der Waals surface area contributed by atoms with Crippen molar-refractivity contribution in [1.29, 1.82) is 0 Å². The van der Waals surface area contributed by atoms with Crippen molar-refractivity contribution in [2.24, 2.45) is 0 Å². The van der Waals surface area contributed by atoms with E-state index >= 15 is 0 Å². The van der Waals surface area contributed by atoms with Crippen LogP contribution in [0.3, 0.4) is 0 Å². The molecule has 0 aliphatic rings. The van der Waals surface area contributed by atoms with Gasteiger partial charge in [-0.15, -0.1) is 0 Å². The SMILES string of the molecule is CCC(=O)c1ccc(Sc2ccc(C(C)(C)C)cc2)cc1. The summed E-state index contributed by atoms with van der Waals surface area (Å²) in [4.78, 5) is 14.0. The molecule has 2 aromatic rings. The van der Waals surface area contributed by atoms with Gasteiger partial charge >= 0.3 is 0 Å². The molecule has 0 saturated heterocycles. The zero-order valence-corrected chi connectivity index (χ0v) is 14.0. The van der Waals surface area contributed by atoms with Gasteiger partial charge in [0.15, 0.2) is 5.78 Å². The second-order valence-electron chi connectivity index (χ2n) is 6.18. The lowest BCUT2D eigenvalue weighted by Crippen LogP contribution is -2.10. The molecule has 110 valence electrons. The maximum Gasteiger partial charge on any atom is 0.162 e. The zero-order chi connectivity index (χ0) is 15.5. The molecule has 0 bridgehead atoms. The van der Waals surface area contributed by atoms with Crippen molar-refractivity contribution >= 4 is 17.5 Å². The Morgan fingerprint density at radius 3 is 1.81 bits per heavy atom. The first kappa shape index (κ1) is 15.8. The minimum absolute atomic E-state index is 0.186. The number of benzene rings is 2. The smallest absolute Gasteiger partial charge is 0.162 e. The molecule has 2 rings (SSSR count). The Kier molecular flexibility index (Phi) is 4.89. The summed E-state index contributed by atoms with van der Waals surface area (Å²) in [6, 6.07) is 16.6. The molecule has 0 N–H and O–H groups in total. The van der Waals surface area contributed by atoms with Gasteiger partial charge in [0.25, 0.3) is 0 Å². The van der Waals surface area contributed by atoms with Crippen LogP contribution < -0.4 is 0 Å². The molecule has 0 atom stereocenters. The van der Waals surface area contributed by atoms with E-state index in [1.807, 2.05) is 31.2 Å². The number of ketones is 1. The number of rotatable bonds is 4. The van der Waals surface area contributed by atoms with Crippen molar-refractivity contribution in [3.63, 3.8) is 0 Å². The quantitative estimate of drug-likeness (QED) is 0.671. The molecule has 2 aromatic carbocycles. The standard InChI is InChI=1S/C19H22OS/c1-5-18(20)14-6-10-16(11-7-14)21-17-12-8-15(9-13-17)19(2,3)4/h6-13H,5H2,1-4H3. The first-order chi connectivity index (χ1) is 9.90. The van der Waals surface area contributed by atoms with Crippen molar-refractivity contribution in [1.82, 2.24) is 0 Å². The summed E-state index contributed by atoms with van der Waals surface area (Å²) in [6.45, 7) is 8.55. The van der Waals surface area contributed by atoms with E-state index in [0.29, 0.717) is 6.42 Å². The summed E-state index contributed by atoms with van der Waals surface area (Å²) in [6.07, 6.45) is 0.556. The van der Waals surface area contributed by atoms with Crippen LogP contribution >= 0.6 is 11.8 Å². The molecule has 1 nitrogen and oxygen atoms in total. The highest BCUT2D eigenvalue weighted by Crippen LogP contribution is 2.30. The predicted octanol–water partition coefficient (Wildman–Crippen LogP) is 5.73. The van der Waals surface area contributed by atoms with E-state index in [9.17, 15) is 4.79 Å². The van der Waals surface area contributed by atoms with Gasteiger partial charge < -0.3 is 0 Å². The van der Waals surface area contributed by atoms with Crippen molar-refractivity contribution in [3.8, 4) is 0 Å². The molecule has 0 aromatic heterocycles. The second kappa shape index (κ2) is 6.48. The van der Waals surface area contributed by atoms with Gasteiger partial charge in [-0.05, 0) is 35.2 Å². The Bertz CT molecular complexity index is 604.